The predicted octanol–water partition coefficient (Wildman–Crippen LogP) is 0.861. The van der Waals surface area contributed by atoms with E-state index in [4.69, 9.17) is 9.47 Å². The van der Waals surface area contributed by atoms with Crippen LogP contribution in [0.15, 0.2) is 24.3 Å². The Kier molecular flexibility index (Phi) is 7.09. The highest BCUT2D eigenvalue weighted by Crippen LogP contribution is 2.28. The number of benzene rings is 2. The first-order valence-electron chi connectivity index (χ1n) is 8.76. The van der Waals surface area contributed by atoms with Crippen molar-refractivity contribution in [2.75, 3.05) is 13.2 Å². The Balaban J connectivity index is 1.92. The van der Waals surface area contributed by atoms with Gasteiger partial charge in [0.1, 0.15) is 59.5 Å². The van der Waals surface area contributed by atoms with Crippen LogP contribution in [-0.2, 0) is 9.47 Å². The van der Waals surface area contributed by atoms with Crippen LogP contribution >= 0.6 is 0 Å². The normalized spacial score (nSPS) is 12.8. The van der Waals surface area contributed by atoms with Gasteiger partial charge in [0.2, 0.25) is 0 Å². The fraction of sp³-hybridized carbons (Fsp3) is 0.300. The highest BCUT2D eigenvalue weighted by atomic mass is 16.6. The van der Waals surface area contributed by atoms with Gasteiger partial charge in [0.25, 0.3) is 0 Å². The number of hydrogen-bond donors (Lipinski definition) is 6. The third kappa shape index (κ3) is 5.31. The molecule has 2 aromatic carbocycles. The molecule has 2 aromatic rings. The molecule has 0 aromatic heterocycles. The monoisotopic (exact) mass is 422 g/mol. The van der Waals surface area contributed by atoms with Crippen molar-refractivity contribution in [2.24, 2.45) is 0 Å². The molecule has 6 N–H and O–H groups in total. The summed E-state index contributed by atoms with van der Waals surface area (Å²) in [5.74, 6) is -3.48. The molecule has 0 radical (unpaired) electrons. The topological polar surface area (TPSA) is 174 Å². The Hall–Kier alpha value is -3.50. The van der Waals surface area contributed by atoms with Gasteiger partial charge in [-0.3, -0.25) is 0 Å². The van der Waals surface area contributed by atoms with Crippen molar-refractivity contribution < 1.29 is 49.7 Å². The summed E-state index contributed by atoms with van der Waals surface area (Å²) in [5, 5.41) is 58.1. The number of aromatic hydroxyl groups is 4. The average Bonchev–Trinajstić information content (AvgIpc) is 2.62. The van der Waals surface area contributed by atoms with Crippen LogP contribution in [0.3, 0.4) is 0 Å². The van der Waals surface area contributed by atoms with Gasteiger partial charge in [0.15, 0.2) is 0 Å². The van der Waals surface area contributed by atoms with Gasteiger partial charge in [-0.2, -0.15) is 0 Å². The average molecular weight is 422 g/mol. The van der Waals surface area contributed by atoms with Gasteiger partial charge in [-0.25, -0.2) is 9.59 Å². The Morgan fingerprint density at radius 1 is 0.733 bits per heavy atom. The van der Waals surface area contributed by atoms with E-state index < -0.39 is 48.9 Å². The zero-order chi connectivity index (χ0) is 22.6. The van der Waals surface area contributed by atoms with Crippen molar-refractivity contribution in [1.29, 1.82) is 0 Å². The van der Waals surface area contributed by atoms with Crippen LogP contribution in [0, 0.1) is 13.8 Å². The standard InChI is InChI=1S/C20H22O10/c1-9-3-11(21)5-13(23)17(9)19(27)29-7-15(25)16(26)8-30-20(28)18-10(2)4-12(22)6-14(18)24/h3-6,15-16,21-26H,7-8H2,1-2H3. The summed E-state index contributed by atoms with van der Waals surface area (Å²) in [6.07, 6.45) is -3.23. The summed E-state index contributed by atoms with van der Waals surface area (Å²) in [6.45, 7) is 1.59. The molecule has 162 valence electrons. The number of aliphatic hydroxyl groups is 2. The van der Waals surface area contributed by atoms with Gasteiger partial charge in [-0.05, 0) is 37.1 Å². The van der Waals surface area contributed by atoms with Gasteiger partial charge in [0, 0.05) is 12.1 Å². The van der Waals surface area contributed by atoms with Crippen molar-refractivity contribution in [1.82, 2.24) is 0 Å². The third-order valence-corrected chi connectivity index (χ3v) is 4.22. The number of aryl methyl sites for hydroxylation is 2. The summed E-state index contributed by atoms with van der Waals surface area (Å²) >= 11 is 0. The number of carbonyl (C=O) groups is 2. The lowest BCUT2D eigenvalue weighted by atomic mass is 10.1. The Morgan fingerprint density at radius 3 is 1.37 bits per heavy atom. The Labute approximate surface area is 171 Å². The fourth-order valence-corrected chi connectivity index (χ4v) is 2.72. The minimum absolute atomic E-state index is 0.209. The molecule has 0 heterocycles. The van der Waals surface area contributed by atoms with Crippen LogP contribution < -0.4 is 0 Å². The lowest BCUT2D eigenvalue weighted by molar-refractivity contribution is -0.0530. The van der Waals surface area contributed by atoms with Gasteiger partial charge >= 0.3 is 11.9 Å². The second-order valence-electron chi connectivity index (χ2n) is 6.65. The molecule has 0 spiro atoms. The zero-order valence-electron chi connectivity index (χ0n) is 16.2. The lowest BCUT2D eigenvalue weighted by Gasteiger charge is -2.18. The molecule has 0 amide bonds. The number of esters is 2. The molecule has 0 aliphatic heterocycles. The number of aliphatic hydroxyl groups excluding tert-OH is 2. The molecule has 10 heteroatoms. The van der Waals surface area contributed by atoms with E-state index in [2.05, 4.69) is 0 Å². The maximum absolute atomic E-state index is 12.1. The molecular weight excluding hydrogens is 400 g/mol. The molecule has 0 bridgehead atoms. The molecule has 10 nitrogen and oxygen atoms in total. The number of phenolic OH excluding ortho intramolecular Hbond substituents is 4. The van der Waals surface area contributed by atoms with Crippen LogP contribution in [0.25, 0.3) is 0 Å². The molecule has 0 saturated carbocycles. The van der Waals surface area contributed by atoms with Crippen LogP contribution in [0.1, 0.15) is 31.8 Å². The summed E-state index contributed by atoms with van der Waals surface area (Å²) < 4.78 is 9.71. The second kappa shape index (κ2) is 9.33. The maximum Gasteiger partial charge on any atom is 0.342 e. The van der Waals surface area contributed by atoms with E-state index in [0.29, 0.717) is 0 Å². The van der Waals surface area contributed by atoms with Gasteiger partial charge in [-0.15, -0.1) is 0 Å². The molecule has 30 heavy (non-hydrogen) atoms. The summed E-state index contributed by atoms with van der Waals surface area (Å²) in [6, 6.07) is 4.38. The summed E-state index contributed by atoms with van der Waals surface area (Å²) in [7, 11) is 0. The fourth-order valence-electron chi connectivity index (χ4n) is 2.72. The molecule has 2 atom stereocenters. The quantitative estimate of drug-likeness (QED) is 0.351. The minimum atomic E-state index is -1.61. The van der Waals surface area contributed by atoms with E-state index in [1.807, 2.05) is 0 Å². The van der Waals surface area contributed by atoms with Crippen molar-refractivity contribution in [3.63, 3.8) is 0 Å². The van der Waals surface area contributed by atoms with Crippen LogP contribution in [0.5, 0.6) is 23.0 Å². The lowest BCUT2D eigenvalue weighted by Crippen LogP contribution is -2.36. The van der Waals surface area contributed by atoms with E-state index in [0.717, 1.165) is 12.1 Å². The van der Waals surface area contributed by atoms with E-state index in [1.165, 1.54) is 26.0 Å². The molecule has 2 rings (SSSR count). The maximum atomic E-state index is 12.1. The zero-order valence-corrected chi connectivity index (χ0v) is 16.2. The second-order valence-corrected chi connectivity index (χ2v) is 6.65. The first-order valence-corrected chi connectivity index (χ1v) is 8.76. The molecule has 0 aliphatic carbocycles. The van der Waals surface area contributed by atoms with Crippen molar-refractivity contribution in [3.05, 3.63) is 46.5 Å². The molecule has 2 unspecified atom stereocenters. The first kappa shape index (κ1) is 22.8. The Bertz CT molecular complexity index is 829. The SMILES string of the molecule is Cc1cc(O)cc(O)c1C(=O)OCC(O)C(O)COC(=O)c1c(C)cc(O)cc1O. The molecule has 0 fully saturated rings. The predicted molar refractivity (Wildman–Crippen MR) is 102 cm³/mol. The number of hydrogen-bond acceptors (Lipinski definition) is 10. The largest absolute Gasteiger partial charge is 0.508 e. The van der Waals surface area contributed by atoms with Crippen molar-refractivity contribution in [2.45, 2.75) is 26.1 Å². The van der Waals surface area contributed by atoms with Gasteiger partial charge < -0.3 is 40.1 Å². The van der Waals surface area contributed by atoms with E-state index >= 15 is 0 Å². The molecule has 0 saturated heterocycles. The van der Waals surface area contributed by atoms with E-state index in [1.54, 1.807) is 0 Å². The number of ether oxygens (including phenoxy) is 2. The first-order chi connectivity index (χ1) is 14.0. The van der Waals surface area contributed by atoms with E-state index in [9.17, 15) is 40.2 Å². The smallest absolute Gasteiger partial charge is 0.342 e. The van der Waals surface area contributed by atoms with Crippen LogP contribution in [0.2, 0.25) is 0 Å². The van der Waals surface area contributed by atoms with Crippen LogP contribution in [0.4, 0.5) is 0 Å². The number of phenols is 4. The Morgan fingerprint density at radius 2 is 1.07 bits per heavy atom. The van der Waals surface area contributed by atoms with Crippen LogP contribution in [-0.4, -0.2) is 68.0 Å². The van der Waals surface area contributed by atoms with Gasteiger partial charge in [0.05, 0.1) is 0 Å². The molecule has 0 aliphatic rings. The number of rotatable bonds is 7. The summed E-state index contributed by atoms with van der Waals surface area (Å²) in [4.78, 5) is 24.2. The van der Waals surface area contributed by atoms with Crippen molar-refractivity contribution in [3.8, 4) is 23.0 Å². The third-order valence-electron chi connectivity index (χ3n) is 4.22. The minimum Gasteiger partial charge on any atom is -0.508 e. The molecular formula is C20H22O10. The highest BCUT2D eigenvalue weighted by molar-refractivity contribution is 5.95. The van der Waals surface area contributed by atoms with E-state index in [-0.39, 0.29) is 33.8 Å². The summed E-state index contributed by atoms with van der Waals surface area (Å²) in [5.41, 5.74) is 0.0643. The van der Waals surface area contributed by atoms with Crippen molar-refractivity contribution >= 4 is 11.9 Å². The highest BCUT2D eigenvalue weighted by Gasteiger charge is 2.24. The van der Waals surface area contributed by atoms with Gasteiger partial charge in [-0.1, -0.05) is 0 Å². The number of carbonyl (C=O) groups excluding carboxylic acids is 2.